The SMILES string of the molecule is CC(=O)C[C@@H](C)c1ccc(O[C@@H]2CCN(c3ncnc(N4CCC(CO)C4)c3F)C2)cc1. The fourth-order valence-corrected chi connectivity index (χ4v) is 4.60. The van der Waals surface area contributed by atoms with E-state index >= 15 is 4.39 Å². The van der Waals surface area contributed by atoms with Gasteiger partial charge < -0.3 is 24.4 Å². The van der Waals surface area contributed by atoms with E-state index in [0.717, 1.165) is 24.2 Å². The van der Waals surface area contributed by atoms with Gasteiger partial charge >= 0.3 is 0 Å². The molecule has 2 saturated heterocycles. The molecule has 32 heavy (non-hydrogen) atoms. The van der Waals surface area contributed by atoms with Crippen LogP contribution in [-0.2, 0) is 4.79 Å². The van der Waals surface area contributed by atoms with Crippen LogP contribution in [0.2, 0.25) is 0 Å². The monoisotopic (exact) mass is 442 g/mol. The first-order chi connectivity index (χ1) is 15.4. The summed E-state index contributed by atoms with van der Waals surface area (Å²) in [4.78, 5) is 23.5. The Morgan fingerprint density at radius 1 is 1.16 bits per heavy atom. The van der Waals surface area contributed by atoms with Gasteiger partial charge in [0, 0.05) is 45.0 Å². The maximum Gasteiger partial charge on any atom is 0.208 e. The standard InChI is InChI=1S/C24H31FN4O3/c1-16(11-17(2)31)19-3-5-20(6-4-19)32-21-8-10-29(13-21)24-22(25)23(26-15-27-24)28-9-7-18(12-28)14-30/h3-6,15-16,18,21,30H,7-14H2,1-2H3/t16-,18?,21-/m1/s1. The van der Waals surface area contributed by atoms with Crippen molar-refractivity contribution in [2.24, 2.45) is 5.92 Å². The van der Waals surface area contributed by atoms with Gasteiger partial charge in [-0.15, -0.1) is 0 Å². The molecule has 172 valence electrons. The Hall–Kier alpha value is -2.74. The van der Waals surface area contributed by atoms with Gasteiger partial charge in [0.25, 0.3) is 0 Å². The average Bonchev–Trinajstić information content (AvgIpc) is 3.43. The molecule has 0 saturated carbocycles. The molecule has 0 aliphatic carbocycles. The van der Waals surface area contributed by atoms with Crippen molar-refractivity contribution in [2.45, 2.75) is 45.1 Å². The first-order valence-electron chi connectivity index (χ1n) is 11.3. The normalized spacial score (nSPS) is 21.8. The number of halogens is 1. The highest BCUT2D eigenvalue weighted by atomic mass is 19.1. The Balaban J connectivity index is 1.38. The number of carbonyl (C=O) groups is 1. The number of Topliss-reactive ketones (excluding diaryl/α,β-unsaturated/α-hetero) is 1. The zero-order chi connectivity index (χ0) is 22.7. The Labute approximate surface area is 188 Å². The number of ketones is 1. The van der Waals surface area contributed by atoms with E-state index in [-0.39, 0.29) is 30.3 Å². The fourth-order valence-electron chi connectivity index (χ4n) is 4.60. The molecule has 4 rings (SSSR count). The van der Waals surface area contributed by atoms with Gasteiger partial charge in [0.1, 0.15) is 24.0 Å². The third-order valence-corrected chi connectivity index (χ3v) is 6.39. The van der Waals surface area contributed by atoms with E-state index < -0.39 is 5.82 Å². The highest BCUT2D eigenvalue weighted by molar-refractivity contribution is 5.76. The van der Waals surface area contributed by atoms with Crippen LogP contribution in [0.25, 0.3) is 0 Å². The highest BCUT2D eigenvalue weighted by Crippen LogP contribution is 2.31. The highest BCUT2D eigenvalue weighted by Gasteiger charge is 2.31. The van der Waals surface area contributed by atoms with Gasteiger partial charge in [0.05, 0.1) is 6.54 Å². The first kappa shape index (κ1) is 22.5. The number of hydrogen-bond donors (Lipinski definition) is 1. The molecule has 3 heterocycles. The first-order valence-corrected chi connectivity index (χ1v) is 11.3. The molecule has 0 amide bonds. The summed E-state index contributed by atoms with van der Waals surface area (Å²) in [5.41, 5.74) is 1.11. The summed E-state index contributed by atoms with van der Waals surface area (Å²) < 4.78 is 21.4. The molecular formula is C24H31FN4O3. The fraction of sp³-hybridized carbons (Fsp3) is 0.542. The summed E-state index contributed by atoms with van der Waals surface area (Å²) in [6.45, 7) is 6.27. The van der Waals surface area contributed by atoms with Crippen molar-refractivity contribution in [2.75, 3.05) is 42.6 Å². The predicted octanol–water partition coefficient (Wildman–Crippen LogP) is 3.17. The van der Waals surface area contributed by atoms with E-state index in [4.69, 9.17) is 4.74 Å². The molecular weight excluding hydrogens is 411 g/mol. The van der Waals surface area contributed by atoms with Crippen molar-refractivity contribution < 1.29 is 19.0 Å². The molecule has 2 aliphatic heterocycles. The summed E-state index contributed by atoms with van der Waals surface area (Å²) in [5.74, 6) is 1.51. The van der Waals surface area contributed by atoms with Gasteiger partial charge in [-0.2, -0.15) is 4.39 Å². The Bertz CT molecular complexity index is 939. The minimum absolute atomic E-state index is 0.0566. The van der Waals surface area contributed by atoms with Gasteiger partial charge in [-0.3, -0.25) is 0 Å². The summed E-state index contributed by atoms with van der Waals surface area (Å²) in [6, 6.07) is 7.87. The molecule has 1 N–H and O–H groups in total. The van der Waals surface area contributed by atoms with Gasteiger partial charge in [-0.1, -0.05) is 19.1 Å². The van der Waals surface area contributed by atoms with Crippen molar-refractivity contribution in [3.05, 3.63) is 42.0 Å². The molecule has 0 spiro atoms. The van der Waals surface area contributed by atoms with Gasteiger partial charge in [-0.05, 0) is 37.0 Å². The Morgan fingerprint density at radius 2 is 1.81 bits per heavy atom. The van der Waals surface area contributed by atoms with Crippen LogP contribution < -0.4 is 14.5 Å². The van der Waals surface area contributed by atoms with Gasteiger partial charge in [0.2, 0.25) is 5.82 Å². The van der Waals surface area contributed by atoms with Crippen LogP contribution >= 0.6 is 0 Å². The number of aliphatic hydroxyl groups is 1. The van der Waals surface area contributed by atoms with Gasteiger partial charge in [0.15, 0.2) is 11.6 Å². The topological polar surface area (TPSA) is 78.8 Å². The van der Waals surface area contributed by atoms with Crippen molar-refractivity contribution in [1.29, 1.82) is 0 Å². The second-order valence-electron chi connectivity index (χ2n) is 8.97. The number of nitrogens with zero attached hydrogens (tertiary/aromatic N) is 4. The van der Waals surface area contributed by atoms with Crippen molar-refractivity contribution in [3.8, 4) is 5.75 Å². The lowest BCUT2D eigenvalue weighted by Gasteiger charge is -2.22. The lowest BCUT2D eigenvalue weighted by molar-refractivity contribution is -0.117. The lowest BCUT2D eigenvalue weighted by atomic mass is 9.96. The minimum Gasteiger partial charge on any atom is -0.489 e. The number of hydrogen-bond acceptors (Lipinski definition) is 7. The number of benzene rings is 1. The molecule has 2 aromatic rings. The van der Waals surface area contributed by atoms with Crippen LogP contribution in [0.1, 0.15) is 44.6 Å². The molecule has 1 unspecified atom stereocenters. The predicted molar refractivity (Wildman–Crippen MR) is 121 cm³/mol. The average molecular weight is 443 g/mol. The molecule has 2 aliphatic rings. The molecule has 1 aromatic heterocycles. The van der Waals surface area contributed by atoms with E-state index in [1.54, 1.807) is 6.92 Å². The van der Waals surface area contributed by atoms with Crippen molar-refractivity contribution in [3.63, 3.8) is 0 Å². The van der Waals surface area contributed by atoms with E-state index in [0.29, 0.717) is 44.2 Å². The summed E-state index contributed by atoms with van der Waals surface area (Å²) in [7, 11) is 0. The summed E-state index contributed by atoms with van der Waals surface area (Å²) >= 11 is 0. The van der Waals surface area contributed by atoms with E-state index in [1.807, 2.05) is 41.0 Å². The number of anilines is 2. The Morgan fingerprint density at radius 3 is 2.44 bits per heavy atom. The molecule has 8 heteroatoms. The number of ether oxygens (including phenoxy) is 1. The molecule has 1 aromatic carbocycles. The molecule has 0 radical (unpaired) electrons. The maximum absolute atomic E-state index is 15.2. The van der Waals surface area contributed by atoms with Crippen LogP contribution in [0.4, 0.5) is 16.0 Å². The third kappa shape index (κ3) is 5.01. The molecule has 7 nitrogen and oxygen atoms in total. The third-order valence-electron chi connectivity index (χ3n) is 6.39. The zero-order valence-corrected chi connectivity index (χ0v) is 18.7. The zero-order valence-electron chi connectivity index (χ0n) is 18.7. The van der Waals surface area contributed by atoms with Crippen LogP contribution in [0.3, 0.4) is 0 Å². The van der Waals surface area contributed by atoms with E-state index in [9.17, 15) is 9.90 Å². The molecule has 3 atom stereocenters. The number of rotatable bonds is 8. The van der Waals surface area contributed by atoms with Crippen LogP contribution in [-0.4, -0.2) is 59.7 Å². The van der Waals surface area contributed by atoms with Crippen molar-refractivity contribution in [1.82, 2.24) is 9.97 Å². The van der Waals surface area contributed by atoms with Crippen LogP contribution in [0.15, 0.2) is 30.6 Å². The van der Waals surface area contributed by atoms with E-state index in [1.165, 1.54) is 6.33 Å². The number of aromatic nitrogens is 2. The largest absolute Gasteiger partial charge is 0.489 e. The Kier molecular flexibility index (Phi) is 6.89. The molecule has 0 bridgehead atoms. The minimum atomic E-state index is -0.407. The lowest BCUT2D eigenvalue weighted by Crippen LogP contribution is -2.28. The second-order valence-corrected chi connectivity index (χ2v) is 8.97. The van der Waals surface area contributed by atoms with Crippen LogP contribution in [0.5, 0.6) is 5.75 Å². The van der Waals surface area contributed by atoms with Crippen molar-refractivity contribution >= 4 is 17.4 Å². The van der Waals surface area contributed by atoms with Gasteiger partial charge in [-0.25, -0.2) is 9.97 Å². The second kappa shape index (κ2) is 9.81. The van der Waals surface area contributed by atoms with E-state index in [2.05, 4.69) is 9.97 Å². The number of carbonyl (C=O) groups excluding carboxylic acids is 1. The number of aliphatic hydroxyl groups excluding tert-OH is 1. The molecule has 2 fully saturated rings. The quantitative estimate of drug-likeness (QED) is 0.673. The summed E-state index contributed by atoms with van der Waals surface area (Å²) in [6.07, 6.45) is 3.50. The smallest absolute Gasteiger partial charge is 0.208 e. The maximum atomic E-state index is 15.2. The van der Waals surface area contributed by atoms with Crippen LogP contribution in [0, 0.1) is 11.7 Å². The summed E-state index contributed by atoms with van der Waals surface area (Å²) in [5, 5.41) is 9.37.